The molecule has 0 rings (SSSR count). The molecule has 0 radical (unpaired) electrons. The molecule has 0 aliphatic rings. The first-order valence-corrected chi connectivity index (χ1v) is 9.68. The van der Waals surface area contributed by atoms with E-state index in [0.29, 0.717) is 49.2 Å². The number of rotatable bonds is 9. The number of carbonyl (C=O) groups is 2. The molecule has 150 valence electrons. The highest BCUT2D eigenvalue weighted by molar-refractivity contribution is 5.69. The Balaban J connectivity index is 0. The first kappa shape index (κ1) is 26.2. The second-order valence-corrected chi connectivity index (χ2v) is 8.88. The zero-order chi connectivity index (χ0) is 20.0. The fraction of sp³-hybridized carbons (Fsp3) is 0.905. The molecule has 0 aromatic rings. The monoisotopic (exact) mass is 358 g/mol. The molecule has 0 aliphatic carbocycles. The van der Waals surface area contributed by atoms with Gasteiger partial charge in [0, 0.05) is 12.8 Å². The molecule has 0 amide bonds. The fourth-order valence-corrected chi connectivity index (χ4v) is 2.42. The van der Waals surface area contributed by atoms with Crippen LogP contribution in [0.4, 0.5) is 0 Å². The van der Waals surface area contributed by atoms with E-state index >= 15 is 0 Å². The van der Waals surface area contributed by atoms with E-state index in [0.717, 1.165) is 12.8 Å². The van der Waals surface area contributed by atoms with E-state index in [4.69, 9.17) is 9.47 Å². The van der Waals surface area contributed by atoms with E-state index in [9.17, 15) is 9.59 Å². The number of esters is 2. The largest absolute Gasteiger partial charge is 0.466 e. The van der Waals surface area contributed by atoms with Crippen molar-refractivity contribution in [2.24, 2.45) is 23.2 Å². The van der Waals surface area contributed by atoms with Crippen molar-refractivity contribution in [2.45, 2.75) is 88.0 Å². The summed E-state index contributed by atoms with van der Waals surface area (Å²) in [5.74, 6) is 1.29. The lowest BCUT2D eigenvalue weighted by molar-refractivity contribution is -0.145. The van der Waals surface area contributed by atoms with E-state index in [2.05, 4.69) is 41.5 Å². The van der Waals surface area contributed by atoms with Gasteiger partial charge in [-0.25, -0.2) is 0 Å². The third-order valence-corrected chi connectivity index (χ3v) is 3.31. The van der Waals surface area contributed by atoms with Crippen LogP contribution in [0, 0.1) is 23.2 Å². The average Bonchev–Trinajstić information content (AvgIpc) is 2.35. The predicted octanol–water partition coefficient (Wildman–Crippen LogP) is 5.63. The molecule has 0 N–H and O–H groups in total. The molecular formula is C21H42O4. The van der Waals surface area contributed by atoms with Gasteiger partial charge in [0.15, 0.2) is 0 Å². The Hall–Kier alpha value is -1.06. The van der Waals surface area contributed by atoms with Gasteiger partial charge in [-0.3, -0.25) is 9.59 Å². The van der Waals surface area contributed by atoms with E-state index < -0.39 is 0 Å². The van der Waals surface area contributed by atoms with Crippen molar-refractivity contribution in [3.8, 4) is 0 Å². The lowest BCUT2D eigenvalue weighted by atomic mass is 9.84. The molecule has 1 atom stereocenters. The summed E-state index contributed by atoms with van der Waals surface area (Å²) in [6, 6.07) is 0. The summed E-state index contributed by atoms with van der Waals surface area (Å²) in [5, 5.41) is 0. The first-order chi connectivity index (χ1) is 11.4. The normalized spacial score (nSPS) is 12.4. The Kier molecular flexibility index (Phi) is 14.8. The quantitative estimate of drug-likeness (QED) is 0.501. The van der Waals surface area contributed by atoms with Crippen molar-refractivity contribution in [2.75, 3.05) is 13.2 Å². The Morgan fingerprint density at radius 2 is 1.36 bits per heavy atom. The molecule has 0 aromatic heterocycles. The van der Waals surface area contributed by atoms with E-state index in [1.807, 2.05) is 20.8 Å². The molecule has 0 saturated carbocycles. The van der Waals surface area contributed by atoms with Crippen LogP contribution in [-0.4, -0.2) is 25.2 Å². The molecule has 0 bridgehead atoms. The van der Waals surface area contributed by atoms with Crippen LogP contribution in [0.1, 0.15) is 88.0 Å². The van der Waals surface area contributed by atoms with Crippen molar-refractivity contribution in [1.82, 2.24) is 0 Å². The minimum absolute atomic E-state index is 0.0642. The zero-order valence-electron chi connectivity index (χ0n) is 18.1. The molecule has 0 aliphatic heterocycles. The summed E-state index contributed by atoms with van der Waals surface area (Å²) in [6.07, 6.45) is 3.11. The maximum absolute atomic E-state index is 11.1. The molecule has 0 saturated heterocycles. The van der Waals surface area contributed by atoms with Crippen LogP contribution in [-0.2, 0) is 19.1 Å². The van der Waals surface area contributed by atoms with Crippen molar-refractivity contribution >= 4 is 11.9 Å². The van der Waals surface area contributed by atoms with Crippen molar-refractivity contribution in [3.05, 3.63) is 0 Å². The van der Waals surface area contributed by atoms with Crippen LogP contribution in [0.5, 0.6) is 0 Å². The number of carbonyl (C=O) groups excluding carboxylic acids is 2. The number of hydrogen-bond acceptors (Lipinski definition) is 4. The lowest BCUT2D eigenvalue weighted by Gasteiger charge is -2.22. The summed E-state index contributed by atoms with van der Waals surface area (Å²) in [4.78, 5) is 22.1. The van der Waals surface area contributed by atoms with Crippen molar-refractivity contribution in [1.29, 1.82) is 0 Å². The predicted molar refractivity (Wildman–Crippen MR) is 104 cm³/mol. The van der Waals surface area contributed by atoms with Crippen LogP contribution in [0.15, 0.2) is 0 Å². The zero-order valence-corrected chi connectivity index (χ0v) is 18.1. The number of ether oxygens (including phenoxy) is 2. The van der Waals surface area contributed by atoms with Gasteiger partial charge < -0.3 is 9.47 Å². The smallest absolute Gasteiger partial charge is 0.306 e. The molecule has 0 spiro atoms. The topological polar surface area (TPSA) is 52.6 Å². The van der Waals surface area contributed by atoms with Crippen molar-refractivity contribution in [3.63, 3.8) is 0 Å². The van der Waals surface area contributed by atoms with Gasteiger partial charge in [-0.15, -0.1) is 0 Å². The van der Waals surface area contributed by atoms with Crippen LogP contribution in [0.3, 0.4) is 0 Å². The fourth-order valence-electron chi connectivity index (χ4n) is 2.42. The average molecular weight is 359 g/mol. The summed E-state index contributed by atoms with van der Waals surface area (Å²) in [6.45, 7) is 19.8. The maximum atomic E-state index is 11.1. The van der Waals surface area contributed by atoms with E-state index in [1.54, 1.807) is 0 Å². The summed E-state index contributed by atoms with van der Waals surface area (Å²) >= 11 is 0. The molecule has 4 nitrogen and oxygen atoms in total. The molecule has 0 aromatic carbocycles. The highest BCUT2D eigenvalue weighted by atomic mass is 16.5. The molecule has 0 fully saturated rings. The van der Waals surface area contributed by atoms with Gasteiger partial charge in [-0.2, -0.15) is 0 Å². The SMILES string of the molecule is CC(C)CCOC(=O)CC(C)C.CCOC(=O)CC(C)CC(C)(C)C. The summed E-state index contributed by atoms with van der Waals surface area (Å²) in [7, 11) is 0. The summed E-state index contributed by atoms with van der Waals surface area (Å²) in [5.41, 5.74) is 0.298. The Morgan fingerprint density at radius 1 is 0.840 bits per heavy atom. The standard InChI is InChI=1S/C11H22O2.C10H20O2/c1-6-13-10(12)7-9(2)8-11(3,4)5;1-8(2)5-6-12-10(11)7-9(3)4/h9H,6-8H2,1-5H3;8-9H,5-7H2,1-4H3. The van der Waals surface area contributed by atoms with Gasteiger partial charge in [-0.05, 0) is 42.9 Å². The van der Waals surface area contributed by atoms with E-state index in [1.165, 1.54) is 0 Å². The Morgan fingerprint density at radius 3 is 1.76 bits per heavy atom. The molecular weight excluding hydrogens is 316 g/mol. The van der Waals surface area contributed by atoms with Crippen LogP contribution < -0.4 is 0 Å². The van der Waals surface area contributed by atoms with E-state index in [-0.39, 0.29) is 11.9 Å². The minimum Gasteiger partial charge on any atom is -0.466 e. The van der Waals surface area contributed by atoms with Crippen LogP contribution in [0.25, 0.3) is 0 Å². The third-order valence-electron chi connectivity index (χ3n) is 3.31. The molecule has 4 heteroatoms. The molecule has 25 heavy (non-hydrogen) atoms. The van der Waals surface area contributed by atoms with Gasteiger partial charge in [-0.1, -0.05) is 55.4 Å². The molecule has 1 unspecified atom stereocenters. The third kappa shape index (κ3) is 22.9. The van der Waals surface area contributed by atoms with Gasteiger partial charge in [0.2, 0.25) is 0 Å². The Bertz CT molecular complexity index is 353. The molecule has 0 heterocycles. The van der Waals surface area contributed by atoms with Gasteiger partial charge >= 0.3 is 11.9 Å². The second kappa shape index (κ2) is 14.1. The summed E-state index contributed by atoms with van der Waals surface area (Å²) < 4.78 is 9.91. The first-order valence-electron chi connectivity index (χ1n) is 9.68. The van der Waals surface area contributed by atoms with Crippen LogP contribution >= 0.6 is 0 Å². The van der Waals surface area contributed by atoms with Gasteiger partial charge in [0.1, 0.15) is 0 Å². The lowest BCUT2D eigenvalue weighted by Crippen LogP contribution is -2.15. The Labute approximate surface area is 156 Å². The highest BCUT2D eigenvalue weighted by Crippen LogP contribution is 2.25. The number of hydrogen-bond donors (Lipinski definition) is 0. The highest BCUT2D eigenvalue weighted by Gasteiger charge is 2.17. The van der Waals surface area contributed by atoms with Gasteiger partial charge in [0.05, 0.1) is 13.2 Å². The minimum atomic E-state index is -0.0701. The van der Waals surface area contributed by atoms with Crippen molar-refractivity contribution < 1.29 is 19.1 Å². The second-order valence-electron chi connectivity index (χ2n) is 8.88. The van der Waals surface area contributed by atoms with Gasteiger partial charge in [0.25, 0.3) is 0 Å². The van der Waals surface area contributed by atoms with Crippen LogP contribution in [0.2, 0.25) is 0 Å². The maximum Gasteiger partial charge on any atom is 0.306 e.